The average Bonchev–Trinajstić information content (AvgIpc) is 2.06. The van der Waals surface area contributed by atoms with Crippen molar-refractivity contribution in [3.63, 3.8) is 0 Å². The Bertz CT molecular complexity index is 99.5. The van der Waals surface area contributed by atoms with Gasteiger partial charge in [0.25, 0.3) is 0 Å². The Morgan fingerprint density at radius 1 is 1.64 bits per heavy atom. The van der Waals surface area contributed by atoms with Crippen LogP contribution in [0.1, 0.15) is 32.6 Å². The van der Waals surface area contributed by atoms with Crippen LogP contribution in [-0.2, 0) is 9.47 Å². The molecule has 0 aliphatic carbocycles. The van der Waals surface area contributed by atoms with Crippen LogP contribution in [0.3, 0.4) is 0 Å². The molecule has 3 heteroatoms. The first kappa shape index (κ1) is 8.97. The molecule has 1 aliphatic heterocycles. The van der Waals surface area contributed by atoms with Crippen LogP contribution in [0.2, 0.25) is 0 Å². The van der Waals surface area contributed by atoms with Gasteiger partial charge in [-0.25, -0.2) is 0 Å². The number of aliphatic hydroxyl groups excluding tert-OH is 1. The Hall–Kier alpha value is -0.120. The van der Waals surface area contributed by atoms with Gasteiger partial charge in [0.05, 0.1) is 0 Å². The van der Waals surface area contributed by atoms with E-state index in [2.05, 4.69) is 0 Å². The van der Waals surface area contributed by atoms with Gasteiger partial charge in [-0.2, -0.15) is 0 Å². The van der Waals surface area contributed by atoms with Crippen LogP contribution in [0.5, 0.6) is 0 Å². The summed E-state index contributed by atoms with van der Waals surface area (Å²) >= 11 is 0. The van der Waals surface area contributed by atoms with Gasteiger partial charge in [-0.05, 0) is 25.7 Å². The van der Waals surface area contributed by atoms with E-state index in [0.717, 1.165) is 25.9 Å². The number of hydrogen-bond acceptors (Lipinski definition) is 3. The molecular formula is C8H16O3. The SMILES string of the molecule is CCC(O)OC1CCCCO1. The van der Waals surface area contributed by atoms with Crippen molar-refractivity contribution in [1.29, 1.82) is 0 Å². The van der Waals surface area contributed by atoms with E-state index in [4.69, 9.17) is 14.6 Å². The number of aliphatic hydroxyl groups is 1. The molecule has 1 fully saturated rings. The van der Waals surface area contributed by atoms with Crippen molar-refractivity contribution in [3.05, 3.63) is 0 Å². The van der Waals surface area contributed by atoms with E-state index < -0.39 is 6.29 Å². The third-order valence-electron chi connectivity index (χ3n) is 1.80. The van der Waals surface area contributed by atoms with Gasteiger partial charge in [-0.15, -0.1) is 0 Å². The van der Waals surface area contributed by atoms with Gasteiger partial charge in [0.1, 0.15) is 0 Å². The van der Waals surface area contributed by atoms with Crippen molar-refractivity contribution < 1.29 is 14.6 Å². The fourth-order valence-corrected chi connectivity index (χ4v) is 1.09. The minimum atomic E-state index is -0.655. The molecule has 1 rings (SSSR count). The molecule has 0 saturated carbocycles. The Labute approximate surface area is 67.3 Å². The molecule has 66 valence electrons. The second-order valence-corrected chi connectivity index (χ2v) is 2.80. The topological polar surface area (TPSA) is 38.7 Å². The molecular weight excluding hydrogens is 144 g/mol. The Morgan fingerprint density at radius 2 is 2.45 bits per heavy atom. The van der Waals surface area contributed by atoms with Gasteiger partial charge in [-0.1, -0.05) is 6.92 Å². The lowest BCUT2D eigenvalue weighted by atomic mass is 10.2. The average molecular weight is 160 g/mol. The molecule has 0 aromatic heterocycles. The summed E-state index contributed by atoms with van der Waals surface area (Å²) in [6.07, 6.45) is 2.97. The molecule has 2 atom stereocenters. The highest BCUT2D eigenvalue weighted by atomic mass is 16.7. The minimum absolute atomic E-state index is 0.168. The van der Waals surface area contributed by atoms with Crippen molar-refractivity contribution in [3.8, 4) is 0 Å². The van der Waals surface area contributed by atoms with Crippen LogP contribution in [0.15, 0.2) is 0 Å². The predicted octanol–water partition coefficient (Wildman–Crippen LogP) is 1.26. The molecule has 3 nitrogen and oxygen atoms in total. The standard InChI is InChI=1S/C8H16O3/c1-2-7(9)11-8-5-3-4-6-10-8/h7-9H,2-6H2,1H3. The molecule has 1 saturated heterocycles. The van der Waals surface area contributed by atoms with Gasteiger partial charge in [-0.3, -0.25) is 0 Å². The van der Waals surface area contributed by atoms with Gasteiger partial charge < -0.3 is 14.6 Å². The Kier molecular flexibility index (Phi) is 3.83. The van der Waals surface area contributed by atoms with Gasteiger partial charge >= 0.3 is 0 Å². The van der Waals surface area contributed by atoms with E-state index in [1.165, 1.54) is 0 Å². The van der Waals surface area contributed by atoms with Crippen molar-refractivity contribution in [1.82, 2.24) is 0 Å². The zero-order valence-corrected chi connectivity index (χ0v) is 6.95. The van der Waals surface area contributed by atoms with E-state index in [-0.39, 0.29) is 6.29 Å². The van der Waals surface area contributed by atoms with Crippen molar-refractivity contribution in [2.45, 2.75) is 45.2 Å². The smallest absolute Gasteiger partial charge is 0.160 e. The quantitative estimate of drug-likeness (QED) is 0.632. The minimum Gasteiger partial charge on any atom is -0.368 e. The molecule has 0 aromatic rings. The summed E-state index contributed by atoms with van der Waals surface area (Å²) < 4.78 is 10.4. The normalized spacial score (nSPS) is 28.4. The van der Waals surface area contributed by atoms with Crippen molar-refractivity contribution in [2.75, 3.05) is 6.61 Å². The van der Waals surface area contributed by atoms with E-state index >= 15 is 0 Å². The fourth-order valence-electron chi connectivity index (χ4n) is 1.09. The van der Waals surface area contributed by atoms with Crippen molar-refractivity contribution in [2.24, 2.45) is 0 Å². The van der Waals surface area contributed by atoms with Crippen LogP contribution >= 0.6 is 0 Å². The molecule has 0 bridgehead atoms. The lowest BCUT2D eigenvalue weighted by molar-refractivity contribution is -0.240. The van der Waals surface area contributed by atoms with Crippen LogP contribution in [0.4, 0.5) is 0 Å². The number of hydrogen-bond donors (Lipinski definition) is 1. The molecule has 1 aliphatic rings. The maximum absolute atomic E-state index is 9.11. The van der Waals surface area contributed by atoms with Crippen LogP contribution < -0.4 is 0 Å². The molecule has 0 spiro atoms. The fraction of sp³-hybridized carbons (Fsp3) is 1.00. The summed E-state index contributed by atoms with van der Waals surface area (Å²) in [6, 6.07) is 0. The van der Waals surface area contributed by atoms with Gasteiger partial charge in [0.15, 0.2) is 12.6 Å². The van der Waals surface area contributed by atoms with Crippen LogP contribution in [-0.4, -0.2) is 24.3 Å². The third-order valence-corrected chi connectivity index (χ3v) is 1.80. The predicted molar refractivity (Wildman–Crippen MR) is 41.0 cm³/mol. The maximum Gasteiger partial charge on any atom is 0.160 e. The third kappa shape index (κ3) is 3.18. The Balaban J connectivity index is 2.13. The molecule has 1 heterocycles. The second kappa shape index (κ2) is 4.70. The monoisotopic (exact) mass is 160 g/mol. The summed E-state index contributed by atoms with van der Waals surface area (Å²) in [7, 11) is 0. The number of rotatable bonds is 3. The van der Waals surface area contributed by atoms with Crippen LogP contribution in [0, 0.1) is 0 Å². The molecule has 0 radical (unpaired) electrons. The summed E-state index contributed by atoms with van der Waals surface area (Å²) in [5, 5.41) is 9.11. The first-order valence-corrected chi connectivity index (χ1v) is 4.28. The maximum atomic E-state index is 9.11. The number of ether oxygens (including phenoxy) is 2. The molecule has 1 N–H and O–H groups in total. The highest BCUT2D eigenvalue weighted by Gasteiger charge is 2.16. The van der Waals surface area contributed by atoms with E-state index in [0.29, 0.717) is 6.42 Å². The molecule has 0 amide bonds. The van der Waals surface area contributed by atoms with Crippen molar-refractivity contribution >= 4 is 0 Å². The van der Waals surface area contributed by atoms with E-state index in [9.17, 15) is 0 Å². The molecule has 11 heavy (non-hydrogen) atoms. The van der Waals surface area contributed by atoms with E-state index in [1.54, 1.807) is 0 Å². The highest BCUT2D eigenvalue weighted by Crippen LogP contribution is 2.15. The van der Waals surface area contributed by atoms with Gasteiger partial charge in [0.2, 0.25) is 0 Å². The summed E-state index contributed by atoms with van der Waals surface area (Å²) in [5.74, 6) is 0. The first-order valence-electron chi connectivity index (χ1n) is 4.28. The lowest BCUT2D eigenvalue weighted by Crippen LogP contribution is -2.27. The zero-order valence-electron chi connectivity index (χ0n) is 6.95. The highest BCUT2D eigenvalue weighted by molar-refractivity contribution is 4.54. The second-order valence-electron chi connectivity index (χ2n) is 2.80. The molecule has 0 aromatic carbocycles. The summed E-state index contributed by atoms with van der Waals surface area (Å²) in [4.78, 5) is 0. The summed E-state index contributed by atoms with van der Waals surface area (Å²) in [5.41, 5.74) is 0. The van der Waals surface area contributed by atoms with Crippen LogP contribution in [0.25, 0.3) is 0 Å². The summed E-state index contributed by atoms with van der Waals surface area (Å²) in [6.45, 7) is 2.65. The first-order chi connectivity index (χ1) is 5.33. The van der Waals surface area contributed by atoms with Gasteiger partial charge in [0, 0.05) is 6.61 Å². The van der Waals surface area contributed by atoms with E-state index in [1.807, 2.05) is 6.92 Å². The largest absolute Gasteiger partial charge is 0.368 e. The Morgan fingerprint density at radius 3 is 3.00 bits per heavy atom. The lowest BCUT2D eigenvalue weighted by Gasteiger charge is -2.24. The zero-order chi connectivity index (χ0) is 8.10. The molecule has 2 unspecified atom stereocenters.